The molecule has 2 aromatic carbocycles. The lowest BCUT2D eigenvalue weighted by Gasteiger charge is -2.07. The van der Waals surface area contributed by atoms with E-state index in [1.54, 1.807) is 6.07 Å². The minimum atomic E-state index is -1.00. The molecule has 0 aliphatic carbocycles. The molecule has 148 valence electrons. The molecule has 0 aliphatic rings. The first-order chi connectivity index (χ1) is 14.0. The van der Waals surface area contributed by atoms with Crippen LogP contribution in [0.1, 0.15) is 30.9 Å². The summed E-state index contributed by atoms with van der Waals surface area (Å²) in [6, 6.07) is 12.3. The third kappa shape index (κ3) is 3.38. The third-order valence-electron chi connectivity index (χ3n) is 5.02. The maximum absolute atomic E-state index is 12.0. The van der Waals surface area contributed by atoms with Crippen molar-refractivity contribution in [2.24, 2.45) is 0 Å². The zero-order valence-corrected chi connectivity index (χ0v) is 15.9. The lowest BCUT2D eigenvalue weighted by atomic mass is 9.98. The standard InChI is InChI=1S/C23H20O6/c1-2-3-7-14-10-19(26)28-22-15(14)11-16-17(12-18(24)25)21(29-23(16)20(22)27)13-8-5-4-6-9-13/h4-6,8-11,27H,2-3,7,12H2,1H3,(H,24,25). The molecule has 0 spiro atoms. The lowest BCUT2D eigenvalue weighted by Crippen LogP contribution is -2.02. The Balaban J connectivity index is 2.08. The molecule has 6 heteroatoms. The van der Waals surface area contributed by atoms with Crippen molar-refractivity contribution < 1.29 is 23.8 Å². The molecule has 0 radical (unpaired) electrons. The quantitative estimate of drug-likeness (QED) is 0.454. The Morgan fingerprint density at radius 2 is 1.76 bits per heavy atom. The van der Waals surface area contributed by atoms with Gasteiger partial charge in [0, 0.05) is 28.0 Å². The molecule has 4 aromatic rings. The normalized spacial score (nSPS) is 11.3. The monoisotopic (exact) mass is 392 g/mol. The summed E-state index contributed by atoms with van der Waals surface area (Å²) in [4.78, 5) is 23.5. The zero-order chi connectivity index (χ0) is 20.5. The summed E-state index contributed by atoms with van der Waals surface area (Å²) in [5.74, 6) is -0.914. The van der Waals surface area contributed by atoms with Gasteiger partial charge in [0.25, 0.3) is 0 Å². The van der Waals surface area contributed by atoms with E-state index in [2.05, 4.69) is 6.92 Å². The Hall–Kier alpha value is -3.54. The maximum atomic E-state index is 12.0. The van der Waals surface area contributed by atoms with Crippen molar-refractivity contribution in [1.82, 2.24) is 0 Å². The van der Waals surface area contributed by atoms with E-state index in [1.807, 2.05) is 30.3 Å². The van der Waals surface area contributed by atoms with Gasteiger partial charge in [-0.2, -0.15) is 0 Å². The number of benzene rings is 2. The number of carboxylic acid groups (broad SMARTS) is 1. The van der Waals surface area contributed by atoms with Crippen LogP contribution >= 0.6 is 0 Å². The van der Waals surface area contributed by atoms with Crippen LogP contribution in [0, 0.1) is 0 Å². The number of phenolic OH excluding ortho intramolecular Hbond substituents is 1. The summed E-state index contributed by atoms with van der Waals surface area (Å²) < 4.78 is 11.2. The molecular formula is C23H20O6. The van der Waals surface area contributed by atoms with Crippen LogP contribution in [-0.4, -0.2) is 16.2 Å². The minimum absolute atomic E-state index is 0.0614. The van der Waals surface area contributed by atoms with Gasteiger partial charge in [-0.15, -0.1) is 0 Å². The van der Waals surface area contributed by atoms with E-state index >= 15 is 0 Å². The first-order valence-corrected chi connectivity index (χ1v) is 9.51. The van der Waals surface area contributed by atoms with Crippen LogP contribution < -0.4 is 5.63 Å². The third-order valence-corrected chi connectivity index (χ3v) is 5.02. The van der Waals surface area contributed by atoms with Crippen LogP contribution in [0.15, 0.2) is 56.1 Å². The average Bonchev–Trinajstić information content (AvgIpc) is 3.06. The molecule has 2 aromatic heterocycles. The van der Waals surface area contributed by atoms with Crippen LogP contribution in [0.3, 0.4) is 0 Å². The largest absolute Gasteiger partial charge is 0.502 e. The molecule has 29 heavy (non-hydrogen) atoms. The highest BCUT2D eigenvalue weighted by molar-refractivity contribution is 6.05. The Morgan fingerprint density at radius 3 is 2.45 bits per heavy atom. The summed E-state index contributed by atoms with van der Waals surface area (Å²) in [6.45, 7) is 2.05. The molecule has 0 aliphatic heterocycles. The molecule has 0 amide bonds. The number of carbonyl (C=O) groups is 1. The molecule has 0 fully saturated rings. The van der Waals surface area contributed by atoms with Crippen LogP contribution in [-0.2, 0) is 17.6 Å². The molecule has 0 saturated carbocycles. The van der Waals surface area contributed by atoms with Crippen molar-refractivity contribution in [3.8, 4) is 17.1 Å². The summed E-state index contributed by atoms with van der Waals surface area (Å²) in [5, 5.41) is 21.4. The summed E-state index contributed by atoms with van der Waals surface area (Å²) in [5.41, 5.74) is 1.58. The van der Waals surface area contributed by atoms with Gasteiger partial charge in [-0.25, -0.2) is 4.79 Å². The number of aromatic hydroxyl groups is 1. The fraction of sp³-hybridized carbons (Fsp3) is 0.217. The first-order valence-electron chi connectivity index (χ1n) is 9.51. The van der Waals surface area contributed by atoms with Crippen molar-refractivity contribution in [1.29, 1.82) is 0 Å². The number of unbranched alkanes of at least 4 members (excludes halogenated alkanes) is 1. The molecule has 0 unspecified atom stereocenters. The SMILES string of the molecule is CCCCc1cc(=O)oc2c(O)c3oc(-c4ccccc4)c(CC(=O)O)c3cc12. The number of furan rings is 1. The lowest BCUT2D eigenvalue weighted by molar-refractivity contribution is -0.136. The van der Waals surface area contributed by atoms with Gasteiger partial charge in [0.05, 0.1) is 6.42 Å². The van der Waals surface area contributed by atoms with E-state index in [1.165, 1.54) is 6.07 Å². The molecule has 0 saturated heterocycles. The highest BCUT2D eigenvalue weighted by Gasteiger charge is 2.24. The zero-order valence-electron chi connectivity index (χ0n) is 15.9. The van der Waals surface area contributed by atoms with Crippen molar-refractivity contribution in [3.05, 3.63) is 64.0 Å². The number of hydrogen-bond donors (Lipinski definition) is 2. The second-order valence-electron chi connectivity index (χ2n) is 7.02. The molecule has 4 rings (SSSR count). The number of rotatable bonds is 6. The van der Waals surface area contributed by atoms with Gasteiger partial charge in [0.15, 0.2) is 11.2 Å². The van der Waals surface area contributed by atoms with Gasteiger partial charge in [-0.3, -0.25) is 4.79 Å². The predicted molar refractivity (Wildman–Crippen MR) is 109 cm³/mol. The molecule has 2 heterocycles. The van der Waals surface area contributed by atoms with Crippen molar-refractivity contribution in [3.63, 3.8) is 0 Å². The highest BCUT2D eigenvalue weighted by atomic mass is 16.4. The number of phenols is 1. The van der Waals surface area contributed by atoms with E-state index in [0.717, 1.165) is 18.4 Å². The number of fused-ring (bicyclic) bond motifs is 2. The molecule has 0 bridgehead atoms. The molecular weight excluding hydrogens is 372 g/mol. The van der Waals surface area contributed by atoms with Gasteiger partial charge < -0.3 is 19.0 Å². The Bertz CT molecular complexity index is 1260. The smallest absolute Gasteiger partial charge is 0.336 e. The molecule has 2 N–H and O–H groups in total. The fourth-order valence-electron chi connectivity index (χ4n) is 3.66. The van der Waals surface area contributed by atoms with Gasteiger partial charge >= 0.3 is 11.6 Å². The number of hydrogen-bond acceptors (Lipinski definition) is 5. The number of aryl methyl sites for hydroxylation is 1. The number of aliphatic carboxylic acids is 1. The van der Waals surface area contributed by atoms with Gasteiger partial charge in [0.2, 0.25) is 5.75 Å². The van der Waals surface area contributed by atoms with E-state index in [9.17, 15) is 19.8 Å². The van der Waals surface area contributed by atoms with E-state index in [0.29, 0.717) is 34.1 Å². The second kappa shape index (κ2) is 7.47. The van der Waals surface area contributed by atoms with Gasteiger partial charge in [0.1, 0.15) is 5.76 Å². The Labute approximate surface area is 166 Å². The molecule has 0 atom stereocenters. The summed E-state index contributed by atoms with van der Waals surface area (Å²) in [7, 11) is 0. The highest BCUT2D eigenvalue weighted by Crippen LogP contribution is 2.42. The van der Waals surface area contributed by atoms with E-state index in [4.69, 9.17) is 8.83 Å². The van der Waals surface area contributed by atoms with Crippen LogP contribution in [0.25, 0.3) is 33.3 Å². The average molecular weight is 392 g/mol. The van der Waals surface area contributed by atoms with E-state index < -0.39 is 11.6 Å². The minimum Gasteiger partial charge on any atom is -0.502 e. The topological polar surface area (TPSA) is 101 Å². The Kier molecular flexibility index (Phi) is 4.84. The first kappa shape index (κ1) is 18.8. The van der Waals surface area contributed by atoms with Gasteiger partial charge in [-0.05, 0) is 24.5 Å². The van der Waals surface area contributed by atoms with Crippen LogP contribution in [0.2, 0.25) is 0 Å². The fourth-order valence-corrected chi connectivity index (χ4v) is 3.66. The molecule has 6 nitrogen and oxygen atoms in total. The van der Waals surface area contributed by atoms with Gasteiger partial charge in [-0.1, -0.05) is 43.7 Å². The van der Waals surface area contributed by atoms with Crippen LogP contribution in [0.5, 0.6) is 5.75 Å². The van der Waals surface area contributed by atoms with Crippen LogP contribution in [0.4, 0.5) is 0 Å². The summed E-state index contributed by atoms with van der Waals surface area (Å²) >= 11 is 0. The summed E-state index contributed by atoms with van der Waals surface area (Å²) in [6.07, 6.45) is 2.22. The van der Waals surface area contributed by atoms with Crippen molar-refractivity contribution in [2.45, 2.75) is 32.6 Å². The Morgan fingerprint density at radius 1 is 1.03 bits per heavy atom. The second-order valence-corrected chi connectivity index (χ2v) is 7.02. The van der Waals surface area contributed by atoms with E-state index in [-0.39, 0.29) is 23.3 Å². The predicted octanol–water partition coefficient (Wildman–Crippen LogP) is 4.88. The van der Waals surface area contributed by atoms with Crippen molar-refractivity contribution in [2.75, 3.05) is 0 Å². The van der Waals surface area contributed by atoms with Crippen molar-refractivity contribution >= 4 is 27.9 Å². The number of carboxylic acids is 1. The maximum Gasteiger partial charge on any atom is 0.336 e.